The van der Waals surface area contributed by atoms with Crippen molar-refractivity contribution in [1.82, 2.24) is 4.98 Å². The zero-order valence-corrected chi connectivity index (χ0v) is 23.6. The Morgan fingerprint density at radius 3 is 2.61 bits per heavy atom. The molecule has 0 saturated carbocycles. The highest BCUT2D eigenvalue weighted by molar-refractivity contribution is 7.09. The van der Waals surface area contributed by atoms with E-state index in [2.05, 4.69) is 24.6 Å². The summed E-state index contributed by atoms with van der Waals surface area (Å²) in [4.78, 5) is 17.5. The lowest BCUT2D eigenvalue weighted by atomic mass is 9.68. The molecule has 0 bridgehead atoms. The number of aliphatic hydroxyl groups excluding tert-OH is 3. The van der Waals surface area contributed by atoms with Crippen molar-refractivity contribution < 1.29 is 24.9 Å². The van der Waals surface area contributed by atoms with Crippen molar-refractivity contribution in [2.24, 2.45) is 17.3 Å². The van der Waals surface area contributed by atoms with Gasteiger partial charge in [0, 0.05) is 23.1 Å². The number of esters is 1. The topological polar surface area (TPSA) is 99.9 Å². The Labute approximate surface area is 220 Å². The number of cyclic esters (lactones) is 1. The molecule has 0 amide bonds. The van der Waals surface area contributed by atoms with Crippen molar-refractivity contribution in [3.63, 3.8) is 0 Å². The van der Waals surface area contributed by atoms with E-state index in [-0.39, 0.29) is 12.3 Å². The number of carbonyl (C=O) groups excluding carboxylic acids is 1. The Kier molecular flexibility index (Phi) is 11.5. The van der Waals surface area contributed by atoms with Crippen LogP contribution in [0.4, 0.5) is 0 Å². The zero-order chi connectivity index (χ0) is 27.0. The average Bonchev–Trinajstić information content (AvgIpc) is 3.23. The van der Waals surface area contributed by atoms with Crippen LogP contribution in [0, 0.1) is 24.2 Å². The van der Waals surface area contributed by atoms with Gasteiger partial charge in [0.2, 0.25) is 0 Å². The van der Waals surface area contributed by atoms with Crippen molar-refractivity contribution in [3.05, 3.63) is 46.0 Å². The van der Waals surface area contributed by atoms with Crippen molar-refractivity contribution in [1.29, 1.82) is 0 Å². The number of thiazole rings is 1. The van der Waals surface area contributed by atoms with Gasteiger partial charge in [-0.2, -0.15) is 0 Å². The third-order valence-electron chi connectivity index (χ3n) is 7.71. The fourth-order valence-corrected chi connectivity index (χ4v) is 5.62. The highest BCUT2D eigenvalue weighted by Gasteiger charge is 2.45. The molecule has 1 aliphatic rings. The van der Waals surface area contributed by atoms with Crippen LogP contribution in [0.5, 0.6) is 0 Å². The number of rotatable bonds is 4. The minimum absolute atomic E-state index is 0.00932. The monoisotopic (exact) mass is 519 g/mol. The molecule has 36 heavy (non-hydrogen) atoms. The van der Waals surface area contributed by atoms with Crippen LogP contribution >= 0.6 is 11.3 Å². The van der Waals surface area contributed by atoms with Crippen LogP contribution in [0.15, 0.2) is 35.3 Å². The van der Waals surface area contributed by atoms with E-state index in [4.69, 9.17) is 4.74 Å². The minimum atomic E-state index is -1.17. The maximum atomic E-state index is 13.0. The van der Waals surface area contributed by atoms with Gasteiger partial charge in [-0.3, -0.25) is 4.79 Å². The summed E-state index contributed by atoms with van der Waals surface area (Å²) >= 11 is 1.57. The van der Waals surface area contributed by atoms with E-state index in [1.54, 1.807) is 31.3 Å². The molecule has 7 atom stereocenters. The predicted octanol–water partition coefficient (Wildman–Crippen LogP) is 5.61. The van der Waals surface area contributed by atoms with E-state index < -0.39 is 41.7 Å². The number of aromatic nitrogens is 1. The summed E-state index contributed by atoms with van der Waals surface area (Å²) < 4.78 is 5.89. The van der Waals surface area contributed by atoms with Crippen LogP contribution in [0.2, 0.25) is 0 Å². The molecule has 0 spiro atoms. The largest absolute Gasteiger partial charge is 0.457 e. The Balaban J connectivity index is 2.39. The SMILES string of the molecule is C=CC[C@@]1(C)C(O)[C@H](C)[C@@H](O)[C@@H](C)CCC/C(C)=C\C[C@@H](/C(C)=C/c2csc(C)n2)OC(=O)C[C@@H]1O. The van der Waals surface area contributed by atoms with Crippen LogP contribution in [0.1, 0.15) is 83.8 Å². The van der Waals surface area contributed by atoms with Gasteiger partial charge in [0.15, 0.2) is 0 Å². The van der Waals surface area contributed by atoms with Gasteiger partial charge >= 0.3 is 5.97 Å². The molecule has 0 fully saturated rings. The number of nitrogens with zero attached hydrogens (tertiary/aromatic N) is 1. The number of hydrogen-bond acceptors (Lipinski definition) is 7. The number of aryl methyl sites for hydroxylation is 1. The molecular formula is C29H45NO5S. The molecule has 6 nitrogen and oxygen atoms in total. The molecule has 1 aromatic rings. The molecule has 1 aromatic heterocycles. The first-order chi connectivity index (χ1) is 16.9. The van der Waals surface area contributed by atoms with Gasteiger partial charge in [-0.15, -0.1) is 17.9 Å². The van der Waals surface area contributed by atoms with E-state index in [0.29, 0.717) is 12.8 Å². The van der Waals surface area contributed by atoms with Crippen molar-refractivity contribution in [2.45, 2.75) is 104 Å². The Morgan fingerprint density at radius 1 is 1.31 bits per heavy atom. The van der Waals surface area contributed by atoms with Gasteiger partial charge in [-0.05, 0) is 64.0 Å². The van der Waals surface area contributed by atoms with Gasteiger partial charge in [0.1, 0.15) is 6.10 Å². The minimum Gasteiger partial charge on any atom is -0.457 e. The third-order valence-corrected chi connectivity index (χ3v) is 8.50. The molecule has 0 radical (unpaired) electrons. The highest BCUT2D eigenvalue weighted by Crippen LogP contribution is 2.39. The molecule has 3 N–H and O–H groups in total. The fraction of sp³-hybridized carbons (Fsp3) is 0.655. The molecule has 0 aromatic carbocycles. The standard InChI is InChI=1S/C29H45NO5S/c1-8-14-29(7)25(31)16-26(32)35-24(20(4)15-23-17-36-22(6)30-23)13-12-18(2)10-9-11-19(3)27(33)21(5)28(29)34/h8,12,15,17,19,21,24-25,27-28,31,33-34H,1,9-11,13-14,16H2,2-7H3/b18-12-,20-15+/t19-,21+,24-,25-,27-,28?,29+/m0/s1. The van der Waals surface area contributed by atoms with Crippen LogP contribution in [-0.2, 0) is 9.53 Å². The number of ether oxygens (including phenoxy) is 1. The lowest BCUT2D eigenvalue weighted by Gasteiger charge is -2.42. The van der Waals surface area contributed by atoms with Gasteiger partial charge in [0.25, 0.3) is 0 Å². The molecule has 0 aliphatic carbocycles. The zero-order valence-electron chi connectivity index (χ0n) is 22.7. The maximum absolute atomic E-state index is 13.0. The smallest absolute Gasteiger partial charge is 0.309 e. The second kappa shape index (κ2) is 13.7. The summed E-state index contributed by atoms with van der Waals surface area (Å²) in [6, 6.07) is 0. The number of carbonyl (C=O) groups is 1. The first-order valence-electron chi connectivity index (χ1n) is 13.0. The lowest BCUT2D eigenvalue weighted by Crippen LogP contribution is -2.50. The second-order valence-electron chi connectivity index (χ2n) is 10.8. The van der Waals surface area contributed by atoms with Crippen LogP contribution < -0.4 is 0 Å². The van der Waals surface area contributed by atoms with Crippen molar-refractivity contribution >= 4 is 23.4 Å². The van der Waals surface area contributed by atoms with E-state index in [9.17, 15) is 20.1 Å². The van der Waals surface area contributed by atoms with Crippen LogP contribution in [-0.4, -0.2) is 50.7 Å². The summed E-state index contributed by atoms with van der Waals surface area (Å²) in [6.07, 6.45) is 5.46. The van der Waals surface area contributed by atoms with Gasteiger partial charge in [0.05, 0.1) is 35.4 Å². The number of hydrogen-bond donors (Lipinski definition) is 3. The molecule has 1 unspecified atom stereocenters. The summed E-state index contributed by atoms with van der Waals surface area (Å²) in [6.45, 7) is 15.3. The summed E-state index contributed by atoms with van der Waals surface area (Å²) in [5.74, 6) is -1.03. The van der Waals surface area contributed by atoms with Gasteiger partial charge in [-0.25, -0.2) is 4.98 Å². The first kappa shape index (κ1) is 30.4. The second-order valence-corrected chi connectivity index (χ2v) is 11.9. The third kappa shape index (κ3) is 8.10. The molecule has 0 saturated heterocycles. The molecular weight excluding hydrogens is 474 g/mol. The van der Waals surface area contributed by atoms with E-state index in [1.807, 2.05) is 32.2 Å². The summed E-state index contributed by atoms with van der Waals surface area (Å²) in [7, 11) is 0. The molecule has 2 rings (SSSR count). The Hall–Kier alpha value is -1.80. The Bertz CT molecular complexity index is 938. The number of allylic oxidation sites excluding steroid dienone is 2. The normalized spacial score (nSPS) is 35.5. The average molecular weight is 520 g/mol. The maximum Gasteiger partial charge on any atom is 0.309 e. The molecule has 1 aliphatic heterocycles. The quantitative estimate of drug-likeness (QED) is 0.353. The highest BCUT2D eigenvalue weighted by atomic mass is 32.1. The molecule has 2 heterocycles. The summed E-state index contributed by atoms with van der Waals surface area (Å²) in [5, 5.41) is 36.4. The first-order valence-corrected chi connectivity index (χ1v) is 13.9. The van der Waals surface area contributed by atoms with Gasteiger partial charge < -0.3 is 20.1 Å². The van der Waals surface area contributed by atoms with Gasteiger partial charge in [-0.1, -0.05) is 38.5 Å². The molecule has 202 valence electrons. The lowest BCUT2D eigenvalue weighted by molar-refractivity contribution is -0.156. The van der Waals surface area contributed by atoms with Crippen LogP contribution in [0.25, 0.3) is 6.08 Å². The number of aliphatic hydroxyl groups is 3. The van der Waals surface area contributed by atoms with E-state index in [1.165, 1.54) is 5.57 Å². The fourth-order valence-electron chi connectivity index (χ4n) is 5.05. The van der Waals surface area contributed by atoms with Crippen molar-refractivity contribution in [2.75, 3.05) is 0 Å². The predicted molar refractivity (Wildman–Crippen MR) is 146 cm³/mol. The van der Waals surface area contributed by atoms with Crippen molar-refractivity contribution in [3.8, 4) is 0 Å². The van der Waals surface area contributed by atoms with E-state index in [0.717, 1.165) is 35.5 Å². The molecule has 7 heteroatoms. The summed E-state index contributed by atoms with van der Waals surface area (Å²) in [5.41, 5.74) is 1.86. The Morgan fingerprint density at radius 2 is 2.00 bits per heavy atom. The van der Waals surface area contributed by atoms with E-state index >= 15 is 0 Å². The van der Waals surface area contributed by atoms with Crippen LogP contribution in [0.3, 0.4) is 0 Å².